The molecule has 1 aromatic heterocycles. The molecule has 0 aliphatic carbocycles. The van der Waals surface area contributed by atoms with Gasteiger partial charge in [-0.25, -0.2) is 0 Å². The molecular formula is C23H18F3NO3. The first-order valence-corrected chi connectivity index (χ1v) is 9.15. The first-order chi connectivity index (χ1) is 14.3. The van der Waals surface area contributed by atoms with Gasteiger partial charge in [0.15, 0.2) is 5.78 Å². The number of hydrogen-bond donors (Lipinski definition) is 0. The lowest BCUT2D eigenvalue weighted by Crippen LogP contribution is -2.28. The zero-order valence-corrected chi connectivity index (χ0v) is 15.8. The summed E-state index contributed by atoms with van der Waals surface area (Å²) in [5, 5.41) is 0. The number of carbonyl (C=O) groups excluding carboxylic acids is 2. The summed E-state index contributed by atoms with van der Waals surface area (Å²) in [6.07, 6.45) is -1.52. The first kappa shape index (κ1) is 21.2. The van der Waals surface area contributed by atoms with Crippen LogP contribution in [0.3, 0.4) is 0 Å². The molecule has 0 radical (unpaired) electrons. The molecule has 1 unspecified atom stereocenters. The molecule has 1 heterocycles. The van der Waals surface area contributed by atoms with Gasteiger partial charge < -0.3 is 4.74 Å². The maximum absolute atomic E-state index is 12.9. The van der Waals surface area contributed by atoms with E-state index < -0.39 is 29.4 Å². The van der Waals surface area contributed by atoms with Gasteiger partial charge in [-0.15, -0.1) is 0 Å². The van der Waals surface area contributed by atoms with Gasteiger partial charge >= 0.3 is 12.1 Å². The Hall–Kier alpha value is -3.48. The number of pyridine rings is 1. The molecule has 0 fully saturated rings. The molecule has 30 heavy (non-hydrogen) atoms. The van der Waals surface area contributed by atoms with Crippen LogP contribution in [0.4, 0.5) is 13.2 Å². The third-order valence-electron chi connectivity index (χ3n) is 4.47. The minimum Gasteiger partial charge on any atom is -0.460 e. The van der Waals surface area contributed by atoms with E-state index in [-0.39, 0.29) is 24.2 Å². The van der Waals surface area contributed by atoms with E-state index in [1.807, 2.05) is 6.07 Å². The molecule has 0 aliphatic heterocycles. The van der Waals surface area contributed by atoms with Crippen molar-refractivity contribution >= 4 is 11.8 Å². The van der Waals surface area contributed by atoms with Crippen molar-refractivity contribution in [1.82, 2.24) is 4.98 Å². The van der Waals surface area contributed by atoms with Gasteiger partial charge in [-0.2, -0.15) is 13.2 Å². The Morgan fingerprint density at radius 2 is 1.67 bits per heavy atom. The van der Waals surface area contributed by atoms with Crippen LogP contribution in [0.25, 0.3) is 0 Å². The van der Waals surface area contributed by atoms with Crippen LogP contribution < -0.4 is 0 Å². The summed E-state index contributed by atoms with van der Waals surface area (Å²) in [7, 11) is 0. The van der Waals surface area contributed by atoms with Crippen LogP contribution in [0.15, 0.2) is 79.1 Å². The molecule has 0 amide bonds. The Labute approximate surface area is 171 Å². The summed E-state index contributed by atoms with van der Waals surface area (Å²) in [6.45, 7) is -0.367. The highest BCUT2D eigenvalue weighted by Gasteiger charge is 2.31. The minimum atomic E-state index is -4.49. The van der Waals surface area contributed by atoms with E-state index in [1.54, 1.807) is 36.4 Å². The van der Waals surface area contributed by atoms with Crippen molar-refractivity contribution < 1.29 is 27.5 Å². The highest BCUT2D eigenvalue weighted by atomic mass is 19.4. The number of carbonyl (C=O) groups is 2. The number of rotatable bonds is 7. The number of hydrogen-bond acceptors (Lipinski definition) is 4. The predicted molar refractivity (Wildman–Crippen MR) is 103 cm³/mol. The summed E-state index contributed by atoms with van der Waals surface area (Å²) in [5.41, 5.74) is 0.374. The number of ether oxygens (including phenoxy) is 1. The van der Waals surface area contributed by atoms with Gasteiger partial charge in [0.2, 0.25) is 0 Å². The third kappa shape index (κ3) is 5.53. The molecule has 3 aromatic rings. The quantitative estimate of drug-likeness (QED) is 0.315. The van der Waals surface area contributed by atoms with Crippen LogP contribution in [0.5, 0.6) is 0 Å². The molecule has 0 aliphatic rings. The van der Waals surface area contributed by atoms with Crippen LogP contribution in [0, 0.1) is 5.92 Å². The Morgan fingerprint density at radius 1 is 0.933 bits per heavy atom. The van der Waals surface area contributed by atoms with Crippen LogP contribution in [0.2, 0.25) is 0 Å². The van der Waals surface area contributed by atoms with Crippen LogP contribution in [0.1, 0.15) is 27.0 Å². The van der Waals surface area contributed by atoms with Gasteiger partial charge in [0.1, 0.15) is 12.5 Å². The molecular weight excluding hydrogens is 395 g/mol. The van der Waals surface area contributed by atoms with Gasteiger partial charge in [-0.05, 0) is 41.8 Å². The molecule has 4 nitrogen and oxygen atoms in total. The largest absolute Gasteiger partial charge is 0.460 e. The number of halogens is 3. The van der Waals surface area contributed by atoms with E-state index in [4.69, 9.17) is 4.74 Å². The van der Waals surface area contributed by atoms with Gasteiger partial charge in [-0.1, -0.05) is 42.5 Å². The molecule has 0 saturated carbocycles. The Kier molecular flexibility index (Phi) is 6.61. The number of esters is 1. The predicted octanol–water partition coefficient (Wildman–Crippen LogP) is 4.89. The van der Waals surface area contributed by atoms with E-state index in [0.29, 0.717) is 0 Å². The van der Waals surface area contributed by atoms with E-state index in [0.717, 1.165) is 17.7 Å². The van der Waals surface area contributed by atoms with Crippen LogP contribution in [-0.2, 0) is 28.7 Å². The molecule has 3 rings (SSSR count). The smallest absolute Gasteiger partial charge is 0.416 e. The second kappa shape index (κ2) is 9.35. The molecule has 154 valence electrons. The van der Waals surface area contributed by atoms with Crippen molar-refractivity contribution in [2.24, 2.45) is 5.92 Å². The maximum atomic E-state index is 12.9. The topological polar surface area (TPSA) is 56.3 Å². The molecule has 1 atom stereocenters. The van der Waals surface area contributed by atoms with Gasteiger partial charge in [0, 0.05) is 18.0 Å². The summed E-state index contributed by atoms with van der Waals surface area (Å²) in [6, 6.07) is 16.6. The van der Waals surface area contributed by atoms with Gasteiger partial charge in [0.05, 0.1) is 5.56 Å². The monoisotopic (exact) mass is 413 g/mol. The van der Waals surface area contributed by atoms with Crippen molar-refractivity contribution in [3.05, 3.63) is 101 Å². The third-order valence-corrected chi connectivity index (χ3v) is 4.47. The second-order valence-corrected chi connectivity index (χ2v) is 6.65. The lowest BCUT2D eigenvalue weighted by atomic mass is 9.92. The van der Waals surface area contributed by atoms with E-state index in [1.165, 1.54) is 24.5 Å². The summed E-state index contributed by atoms with van der Waals surface area (Å²) >= 11 is 0. The van der Waals surface area contributed by atoms with E-state index >= 15 is 0 Å². The SMILES string of the molecule is O=C(OCc1cccc(C(F)(F)F)c1)C(Cc1ccccc1)C(=O)c1cccnc1. The van der Waals surface area contributed by atoms with Crippen molar-refractivity contribution in [2.75, 3.05) is 0 Å². The van der Waals surface area contributed by atoms with Gasteiger partial charge in [-0.3, -0.25) is 14.6 Å². The number of aromatic nitrogens is 1. The fourth-order valence-electron chi connectivity index (χ4n) is 2.94. The second-order valence-electron chi connectivity index (χ2n) is 6.65. The van der Waals surface area contributed by atoms with Crippen molar-refractivity contribution in [2.45, 2.75) is 19.2 Å². The Bertz CT molecular complexity index is 1000. The number of alkyl halides is 3. The van der Waals surface area contributed by atoms with Gasteiger partial charge in [0.25, 0.3) is 0 Å². The number of Topliss-reactive ketones (excluding diaryl/α,β-unsaturated/α-hetero) is 1. The summed E-state index contributed by atoms with van der Waals surface area (Å²) in [5.74, 6) is -2.39. The zero-order chi connectivity index (χ0) is 21.6. The normalized spacial score (nSPS) is 12.2. The van der Waals surface area contributed by atoms with Crippen molar-refractivity contribution in [3.63, 3.8) is 0 Å². The molecule has 0 saturated heterocycles. The summed E-state index contributed by atoms with van der Waals surface area (Å²) in [4.78, 5) is 29.5. The number of ketones is 1. The molecule has 2 aromatic carbocycles. The zero-order valence-electron chi connectivity index (χ0n) is 15.8. The first-order valence-electron chi connectivity index (χ1n) is 9.15. The molecule has 0 N–H and O–H groups in total. The number of nitrogens with zero attached hydrogens (tertiary/aromatic N) is 1. The lowest BCUT2D eigenvalue weighted by Gasteiger charge is -2.16. The molecule has 0 bridgehead atoms. The highest BCUT2D eigenvalue weighted by Crippen LogP contribution is 2.29. The number of benzene rings is 2. The Balaban J connectivity index is 1.77. The molecule has 0 spiro atoms. The van der Waals surface area contributed by atoms with Crippen LogP contribution >= 0.6 is 0 Å². The highest BCUT2D eigenvalue weighted by molar-refractivity contribution is 6.08. The lowest BCUT2D eigenvalue weighted by molar-refractivity contribution is -0.148. The fourth-order valence-corrected chi connectivity index (χ4v) is 2.94. The maximum Gasteiger partial charge on any atom is 0.416 e. The minimum absolute atomic E-state index is 0.107. The average Bonchev–Trinajstić information content (AvgIpc) is 2.76. The van der Waals surface area contributed by atoms with E-state index in [2.05, 4.69) is 4.98 Å². The Morgan fingerprint density at radius 3 is 2.33 bits per heavy atom. The standard InChI is InChI=1S/C23H18F3NO3/c24-23(25,26)19-10-4-8-17(12-19)15-30-22(29)20(13-16-6-2-1-3-7-16)21(28)18-9-5-11-27-14-18/h1-12,14,20H,13,15H2. The van der Waals surface area contributed by atoms with Crippen molar-refractivity contribution in [1.29, 1.82) is 0 Å². The van der Waals surface area contributed by atoms with E-state index in [9.17, 15) is 22.8 Å². The molecule has 7 heteroatoms. The van der Waals surface area contributed by atoms with Crippen LogP contribution in [-0.4, -0.2) is 16.7 Å². The van der Waals surface area contributed by atoms with Crippen molar-refractivity contribution in [3.8, 4) is 0 Å². The average molecular weight is 413 g/mol. The fraction of sp³-hybridized carbons (Fsp3) is 0.174. The summed E-state index contributed by atoms with van der Waals surface area (Å²) < 4.78 is 43.8.